The highest BCUT2D eigenvalue weighted by molar-refractivity contribution is 5.65. The summed E-state index contributed by atoms with van der Waals surface area (Å²) in [7, 11) is 0. The molecule has 0 bridgehead atoms. The summed E-state index contributed by atoms with van der Waals surface area (Å²) in [4.78, 5) is 4.16. The van der Waals surface area contributed by atoms with Crippen LogP contribution in [0.1, 0.15) is 26.7 Å². The normalized spacial score (nSPS) is 23.1. The molecule has 0 amide bonds. The first-order chi connectivity index (χ1) is 5.79. The highest BCUT2D eigenvalue weighted by Crippen LogP contribution is 2.01. The minimum absolute atomic E-state index is 0.474. The Hall–Kier alpha value is -0.630. The summed E-state index contributed by atoms with van der Waals surface area (Å²) in [5.74, 6) is 0.717. The van der Waals surface area contributed by atoms with Crippen molar-refractivity contribution in [3.05, 3.63) is 12.3 Å². The molecule has 0 aromatic rings. The minimum atomic E-state index is 0.474. The van der Waals surface area contributed by atoms with Gasteiger partial charge in [0.05, 0.1) is 0 Å². The van der Waals surface area contributed by atoms with Crippen molar-refractivity contribution in [2.75, 3.05) is 6.54 Å². The van der Waals surface area contributed by atoms with Gasteiger partial charge in [-0.3, -0.25) is 4.99 Å². The lowest BCUT2D eigenvalue weighted by Gasteiger charge is -2.13. The molecule has 0 spiro atoms. The Morgan fingerprint density at radius 3 is 3.17 bits per heavy atom. The van der Waals surface area contributed by atoms with Gasteiger partial charge in [-0.05, 0) is 25.3 Å². The van der Waals surface area contributed by atoms with Gasteiger partial charge in [0.25, 0.3) is 0 Å². The average molecular weight is 166 g/mol. The summed E-state index contributed by atoms with van der Waals surface area (Å²) in [5.41, 5.74) is 0. The van der Waals surface area contributed by atoms with Crippen LogP contribution in [0.2, 0.25) is 0 Å². The lowest BCUT2D eigenvalue weighted by atomic mass is 10.1. The molecule has 0 aromatic carbocycles. The van der Waals surface area contributed by atoms with E-state index in [4.69, 9.17) is 0 Å². The van der Waals surface area contributed by atoms with Crippen LogP contribution in [0.4, 0.5) is 0 Å². The van der Waals surface area contributed by atoms with E-state index in [1.54, 1.807) is 0 Å². The number of nitrogens with one attached hydrogen (secondary N) is 1. The molecule has 0 saturated heterocycles. The van der Waals surface area contributed by atoms with Crippen molar-refractivity contribution in [1.29, 1.82) is 0 Å². The second-order valence-electron chi connectivity index (χ2n) is 3.67. The average Bonchev–Trinajstić information content (AvgIpc) is 2.28. The molecule has 2 nitrogen and oxygen atoms in total. The van der Waals surface area contributed by atoms with Crippen molar-refractivity contribution < 1.29 is 0 Å². The van der Waals surface area contributed by atoms with Crippen molar-refractivity contribution in [1.82, 2.24) is 5.32 Å². The second-order valence-corrected chi connectivity index (χ2v) is 3.67. The van der Waals surface area contributed by atoms with E-state index < -0.39 is 0 Å². The van der Waals surface area contributed by atoms with E-state index in [0.717, 1.165) is 18.9 Å². The van der Waals surface area contributed by atoms with Crippen molar-refractivity contribution >= 4 is 6.21 Å². The van der Waals surface area contributed by atoms with Crippen LogP contribution in [0, 0.1) is 5.92 Å². The summed E-state index contributed by atoms with van der Waals surface area (Å²) in [6.07, 6.45) is 8.32. The van der Waals surface area contributed by atoms with E-state index in [0.29, 0.717) is 6.04 Å². The van der Waals surface area contributed by atoms with Gasteiger partial charge in [-0.15, -0.1) is 0 Å². The molecule has 0 aliphatic carbocycles. The van der Waals surface area contributed by atoms with E-state index in [1.807, 2.05) is 12.4 Å². The van der Waals surface area contributed by atoms with Crippen LogP contribution in [0.5, 0.6) is 0 Å². The molecule has 1 aliphatic heterocycles. The first kappa shape index (κ1) is 9.46. The van der Waals surface area contributed by atoms with Gasteiger partial charge in [-0.1, -0.05) is 19.9 Å². The van der Waals surface area contributed by atoms with Gasteiger partial charge in [0, 0.05) is 18.5 Å². The lowest BCUT2D eigenvalue weighted by Crippen LogP contribution is -2.32. The maximum Gasteiger partial charge on any atom is 0.0427 e. The fourth-order valence-electron chi connectivity index (χ4n) is 1.18. The maximum absolute atomic E-state index is 4.16. The molecule has 68 valence electrons. The molecule has 0 radical (unpaired) electrons. The fraction of sp³-hybridized carbons (Fsp3) is 0.700. The minimum Gasteiger partial charge on any atom is -0.309 e. The van der Waals surface area contributed by atoms with E-state index in [2.05, 4.69) is 30.2 Å². The Morgan fingerprint density at radius 1 is 1.58 bits per heavy atom. The molecule has 0 aromatic heterocycles. The molecule has 0 saturated carbocycles. The molecule has 0 fully saturated rings. The monoisotopic (exact) mass is 166 g/mol. The van der Waals surface area contributed by atoms with Crippen molar-refractivity contribution in [2.24, 2.45) is 10.9 Å². The molecular weight excluding hydrogens is 148 g/mol. The smallest absolute Gasteiger partial charge is 0.0427 e. The number of rotatable bonds is 3. The number of aliphatic imine (C=N–C) groups is 1. The van der Waals surface area contributed by atoms with E-state index in [1.165, 1.54) is 6.42 Å². The highest BCUT2D eigenvalue weighted by Gasteiger charge is 2.05. The largest absolute Gasteiger partial charge is 0.309 e. The van der Waals surface area contributed by atoms with Crippen LogP contribution in [0.15, 0.2) is 17.3 Å². The second kappa shape index (κ2) is 5.09. The summed E-state index contributed by atoms with van der Waals surface area (Å²) in [6.45, 7) is 5.52. The van der Waals surface area contributed by atoms with Crippen LogP contribution >= 0.6 is 0 Å². The first-order valence-corrected chi connectivity index (χ1v) is 4.70. The zero-order valence-corrected chi connectivity index (χ0v) is 7.96. The van der Waals surface area contributed by atoms with Gasteiger partial charge in [0.2, 0.25) is 0 Å². The zero-order valence-electron chi connectivity index (χ0n) is 7.96. The molecule has 1 unspecified atom stereocenters. The molecule has 2 heteroatoms. The zero-order chi connectivity index (χ0) is 8.81. The summed E-state index contributed by atoms with van der Waals surface area (Å²) >= 11 is 0. The predicted octanol–water partition coefficient (Wildman–Crippen LogP) is 1.98. The molecule has 1 aliphatic rings. The molecule has 1 N–H and O–H groups in total. The predicted molar refractivity (Wildman–Crippen MR) is 53.5 cm³/mol. The first-order valence-electron chi connectivity index (χ1n) is 4.70. The highest BCUT2D eigenvalue weighted by atomic mass is 14.9. The number of hydrogen-bond acceptors (Lipinski definition) is 2. The van der Waals surface area contributed by atoms with Gasteiger partial charge < -0.3 is 5.32 Å². The van der Waals surface area contributed by atoms with Crippen LogP contribution in [-0.4, -0.2) is 18.8 Å². The Labute approximate surface area is 74.8 Å². The Balaban J connectivity index is 2.23. The Bertz CT molecular complexity index is 171. The van der Waals surface area contributed by atoms with Gasteiger partial charge in [-0.25, -0.2) is 0 Å². The molecule has 1 rings (SSSR count). The molecular formula is C10H18N2. The fourth-order valence-corrected chi connectivity index (χ4v) is 1.18. The number of hydrogen-bond donors (Lipinski definition) is 1. The molecule has 12 heavy (non-hydrogen) atoms. The van der Waals surface area contributed by atoms with Crippen LogP contribution in [0.25, 0.3) is 0 Å². The van der Waals surface area contributed by atoms with Gasteiger partial charge in [-0.2, -0.15) is 0 Å². The Morgan fingerprint density at radius 2 is 2.42 bits per heavy atom. The standard InChI is InChI=1S/C10H18N2/c1-9(2)7-12-10-5-3-4-6-11-8-10/h4,6,8-10,12H,3,5,7H2,1-2H3. The maximum atomic E-state index is 4.16. The third kappa shape index (κ3) is 3.67. The summed E-state index contributed by atoms with van der Waals surface area (Å²) < 4.78 is 0. The van der Waals surface area contributed by atoms with E-state index in [9.17, 15) is 0 Å². The van der Waals surface area contributed by atoms with E-state index in [-0.39, 0.29) is 0 Å². The van der Waals surface area contributed by atoms with Crippen molar-refractivity contribution in [2.45, 2.75) is 32.7 Å². The van der Waals surface area contributed by atoms with Gasteiger partial charge in [0.1, 0.15) is 0 Å². The summed E-state index contributed by atoms with van der Waals surface area (Å²) in [5, 5.41) is 3.47. The third-order valence-electron chi connectivity index (χ3n) is 1.89. The van der Waals surface area contributed by atoms with E-state index >= 15 is 0 Å². The number of nitrogens with zero attached hydrogens (tertiary/aromatic N) is 1. The third-order valence-corrected chi connectivity index (χ3v) is 1.89. The van der Waals surface area contributed by atoms with Crippen LogP contribution in [0.3, 0.4) is 0 Å². The topological polar surface area (TPSA) is 24.4 Å². The molecule has 1 heterocycles. The molecule has 1 atom stereocenters. The lowest BCUT2D eigenvalue weighted by molar-refractivity contribution is 0.513. The van der Waals surface area contributed by atoms with Crippen molar-refractivity contribution in [3.63, 3.8) is 0 Å². The van der Waals surface area contributed by atoms with Crippen LogP contribution in [-0.2, 0) is 0 Å². The quantitative estimate of drug-likeness (QED) is 0.681. The summed E-state index contributed by atoms with van der Waals surface area (Å²) in [6, 6.07) is 0.474. The van der Waals surface area contributed by atoms with Gasteiger partial charge in [0.15, 0.2) is 0 Å². The van der Waals surface area contributed by atoms with Crippen LogP contribution < -0.4 is 5.32 Å². The number of allylic oxidation sites excluding steroid dienone is 1. The Kier molecular flexibility index (Phi) is 4.01. The SMILES string of the molecule is CC(C)CNC1C=NC=CCC1. The van der Waals surface area contributed by atoms with Gasteiger partial charge >= 0.3 is 0 Å². The van der Waals surface area contributed by atoms with Crippen molar-refractivity contribution in [3.8, 4) is 0 Å².